The maximum absolute atomic E-state index is 6.47. The predicted molar refractivity (Wildman–Crippen MR) is 88.9 cm³/mol. The summed E-state index contributed by atoms with van der Waals surface area (Å²) in [6, 6.07) is 14.9. The van der Waals surface area contributed by atoms with Crippen molar-refractivity contribution >= 4 is 10.8 Å². The van der Waals surface area contributed by atoms with Gasteiger partial charge in [-0.25, -0.2) is 0 Å². The smallest absolute Gasteiger partial charge is 0.127 e. The van der Waals surface area contributed by atoms with E-state index >= 15 is 0 Å². The summed E-state index contributed by atoms with van der Waals surface area (Å²) in [5.74, 6) is 1.69. The van der Waals surface area contributed by atoms with Crippen LogP contribution in [0.4, 0.5) is 0 Å². The van der Waals surface area contributed by atoms with Crippen LogP contribution in [-0.4, -0.2) is 19.2 Å². The molecule has 21 heavy (non-hydrogen) atoms. The van der Waals surface area contributed by atoms with Gasteiger partial charge in [0.25, 0.3) is 0 Å². The summed E-state index contributed by atoms with van der Waals surface area (Å²) in [5.41, 5.74) is 0. The Morgan fingerprint density at radius 2 is 2.05 bits per heavy atom. The van der Waals surface area contributed by atoms with Gasteiger partial charge in [-0.2, -0.15) is 0 Å². The lowest BCUT2D eigenvalue weighted by Crippen LogP contribution is -2.28. The molecule has 2 nitrogen and oxygen atoms in total. The van der Waals surface area contributed by atoms with E-state index in [9.17, 15) is 0 Å². The molecule has 0 spiro atoms. The molecule has 0 amide bonds. The highest BCUT2D eigenvalue weighted by atomic mass is 16.5. The van der Waals surface area contributed by atoms with Crippen LogP contribution in [0.5, 0.6) is 5.75 Å². The van der Waals surface area contributed by atoms with Crippen LogP contribution in [-0.2, 0) is 0 Å². The Hall–Kier alpha value is -1.54. The maximum Gasteiger partial charge on any atom is 0.127 e. The molecule has 0 bridgehead atoms. The molecule has 1 aliphatic heterocycles. The molecule has 1 saturated heterocycles. The van der Waals surface area contributed by atoms with Gasteiger partial charge in [-0.3, -0.25) is 0 Å². The van der Waals surface area contributed by atoms with Crippen molar-refractivity contribution in [2.45, 2.75) is 38.7 Å². The highest BCUT2D eigenvalue weighted by molar-refractivity contribution is 5.88. The number of nitrogens with one attached hydrogen (secondary N) is 1. The molecule has 112 valence electrons. The number of benzene rings is 2. The minimum Gasteiger partial charge on any atom is -0.489 e. The van der Waals surface area contributed by atoms with Crippen molar-refractivity contribution in [1.82, 2.24) is 5.32 Å². The van der Waals surface area contributed by atoms with Gasteiger partial charge >= 0.3 is 0 Å². The van der Waals surface area contributed by atoms with Crippen LogP contribution in [0.1, 0.15) is 32.6 Å². The fourth-order valence-electron chi connectivity index (χ4n) is 3.25. The van der Waals surface area contributed by atoms with Crippen LogP contribution in [0, 0.1) is 5.92 Å². The topological polar surface area (TPSA) is 21.3 Å². The normalized spacial score (nSPS) is 19.8. The van der Waals surface area contributed by atoms with E-state index in [0.29, 0.717) is 12.0 Å². The first-order chi connectivity index (χ1) is 10.4. The van der Waals surface area contributed by atoms with E-state index in [1.165, 1.54) is 30.0 Å². The molecule has 3 rings (SSSR count). The Morgan fingerprint density at radius 1 is 1.19 bits per heavy atom. The Morgan fingerprint density at radius 3 is 2.86 bits per heavy atom. The number of fused-ring (bicyclic) bond motifs is 1. The Labute approximate surface area is 127 Å². The van der Waals surface area contributed by atoms with Gasteiger partial charge < -0.3 is 10.1 Å². The first-order valence-corrected chi connectivity index (χ1v) is 8.23. The van der Waals surface area contributed by atoms with Crippen molar-refractivity contribution in [3.05, 3.63) is 42.5 Å². The van der Waals surface area contributed by atoms with Crippen LogP contribution in [0.15, 0.2) is 42.5 Å². The lowest BCUT2D eigenvalue weighted by Gasteiger charge is -2.25. The molecule has 1 N–H and O–H groups in total. The first kappa shape index (κ1) is 14.4. The Bertz CT molecular complexity index is 569. The molecule has 1 aliphatic rings. The average Bonchev–Trinajstić information content (AvgIpc) is 3.06. The second kappa shape index (κ2) is 6.95. The van der Waals surface area contributed by atoms with Gasteiger partial charge in [0.05, 0.1) is 0 Å². The van der Waals surface area contributed by atoms with E-state index in [1.54, 1.807) is 0 Å². The van der Waals surface area contributed by atoms with Gasteiger partial charge in [0.1, 0.15) is 11.9 Å². The van der Waals surface area contributed by atoms with Gasteiger partial charge in [-0.1, -0.05) is 56.2 Å². The predicted octanol–water partition coefficient (Wildman–Crippen LogP) is 4.39. The van der Waals surface area contributed by atoms with Crippen molar-refractivity contribution in [3.63, 3.8) is 0 Å². The van der Waals surface area contributed by atoms with Crippen LogP contribution >= 0.6 is 0 Å². The highest BCUT2D eigenvalue weighted by Gasteiger charge is 2.26. The van der Waals surface area contributed by atoms with Crippen LogP contribution in [0.3, 0.4) is 0 Å². The van der Waals surface area contributed by atoms with Crippen molar-refractivity contribution in [2.75, 3.05) is 13.1 Å². The zero-order valence-electron chi connectivity index (χ0n) is 12.8. The second-order valence-corrected chi connectivity index (χ2v) is 6.03. The third-order valence-electron chi connectivity index (χ3n) is 4.49. The van der Waals surface area contributed by atoms with Gasteiger partial charge in [-0.15, -0.1) is 0 Å². The molecular formula is C19H25NO. The fraction of sp³-hybridized carbons (Fsp3) is 0.474. The number of hydrogen-bond acceptors (Lipinski definition) is 2. The molecule has 0 aliphatic carbocycles. The third kappa shape index (κ3) is 3.38. The molecule has 2 atom stereocenters. The number of hydrogen-bond donors (Lipinski definition) is 1. The average molecular weight is 283 g/mol. The lowest BCUT2D eigenvalue weighted by molar-refractivity contribution is 0.132. The third-order valence-corrected chi connectivity index (χ3v) is 4.49. The Kier molecular flexibility index (Phi) is 4.76. The molecule has 2 heteroatoms. The number of rotatable bonds is 6. The quantitative estimate of drug-likeness (QED) is 0.849. The summed E-state index contributed by atoms with van der Waals surface area (Å²) in [6.07, 6.45) is 5.21. The summed E-state index contributed by atoms with van der Waals surface area (Å²) in [5, 5.41) is 5.96. The molecule has 0 saturated carbocycles. The molecule has 2 aromatic rings. The molecule has 1 fully saturated rings. The fourth-order valence-corrected chi connectivity index (χ4v) is 3.25. The van der Waals surface area contributed by atoms with Crippen LogP contribution < -0.4 is 10.1 Å². The Balaban J connectivity index is 1.82. The SMILES string of the molecule is CCCCC(Oc1cccc2ccccc12)C1CCNC1. The summed E-state index contributed by atoms with van der Waals surface area (Å²) in [7, 11) is 0. The summed E-state index contributed by atoms with van der Waals surface area (Å²) in [6.45, 7) is 4.48. The molecule has 2 aromatic carbocycles. The van der Waals surface area contributed by atoms with E-state index in [4.69, 9.17) is 4.74 Å². The largest absolute Gasteiger partial charge is 0.489 e. The van der Waals surface area contributed by atoms with Crippen LogP contribution in [0.25, 0.3) is 10.8 Å². The second-order valence-electron chi connectivity index (χ2n) is 6.03. The summed E-state index contributed by atoms with van der Waals surface area (Å²) in [4.78, 5) is 0. The first-order valence-electron chi connectivity index (χ1n) is 8.23. The van der Waals surface area contributed by atoms with Gasteiger partial charge in [0.15, 0.2) is 0 Å². The van der Waals surface area contributed by atoms with E-state index < -0.39 is 0 Å². The van der Waals surface area contributed by atoms with Crippen molar-refractivity contribution in [1.29, 1.82) is 0 Å². The standard InChI is InChI=1S/C19H25NO/c1-2-3-10-18(16-12-13-20-14-16)21-19-11-6-8-15-7-4-5-9-17(15)19/h4-9,11,16,18,20H,2-3,10,12-14H2,1H3. The maximum atomic E-state index is 6.47. The number of ether oxygens (including phenoxy) is 1. The van der Waals surface area contributed by atoms with Crippen molar-refractivity contribution in [2.24, 2.45) is 5.92 Å². The van der Waals surface area contributed by atoms with Crippen molar-refractivity contribution < 1.29 is 4.74 Å². The molecule has 1 heterocycles. The zero-order valence-corrected chi connectivity index (χ0v) is 12.8. The molecular weight excluding hydrogens is 258 g/mol. The highest BCUT2D eigenvalue weighted by Crippen LogP contribution is 2.29. The van der Waals surface area contributed by atoms with Gasteiger partial charge in [0.2, 0.25) is 0 Å². The number of unbranched alkanes of at least 4 members (excludes halogenated alkanes) is 1. The molecule has 0 radical (unpaired) electrons. The van der Waals surface area contributed by atoms with E-state index in [-0.39, 0.29) is 0 Å². The minimum absolute atomic E-state index is 0.339. The van der Waals surface area contributed by atoms with Crippen molar-refractivity contribution in [3.8, 4) is 5.75 Å². The summed E-state index contributed by atoms with van der Waals surface area (Å²) < 4.78 is 6.47. The van der Waals surface area contributed by atoms with E-state index in [1.807, 2.05) is 0 Å². The van der Waals surface area contributed by atoms with Gasteiger partial charge in [0, 0.05) is 17.8 Å². The van der Waals surface area contributed by atoms with Crippen LogP contribution in [0.2, 0.25) is 0 Å². The minimum atomic E-state index is 0.339. The summed E-state index contributed by atoms with van der Waals surface area (Å²) >= 11 is 0. The van der Waals surface area contributed by atoms with Gasteiger partial charge in [-0.05, 0) is 30.8 Å². The zero-order chi connectivity index (χ0) is 14.5. The lowest BCUT2D eigenvalue weighted by atomic mass is 9.96. The molecule has 0 aromatic heterocycles. The van der Waals surface area contributed by atoms with E-state index in [2.05, 4.69) is 54.7 Å². The van der Waals surface area contributed by atoms with E-state index in [0.717, 1.165) is 25.3 Å². The monoisotopic (exact) mass is 283 g/mol. The molecule has 2 unspecified atom stereocenters.